The molecule has 0 aliphatic heterocycles. The Kier molecular flexibility index (Phi) is 7.23. The van der Waals surface area contributed by atoms with E-state index in [-0.39, 0.29) is 12.1 Å². The number of esters is 1. The van der Waals surface area contributed by atoms with Crippen LogP contribution in [-0.4, -0.2) is 33.8 Å². The molecule has 0 unspecified atom stereocenters. The van der Waals surface area contributed by atoms with E-state index in [0.29, 0.717) is 42.8 Å². The molecule has 4 rings (SSSR count). The number of carbonyl (C=O) groups excluding carboxylic acids is 2. The maximum Gasteiger partial charge on any atom is 0.311 e. The minimum atomic E-state index is -0.449. The van der Waals surface area contributed by atoms with Crippen molar-refractivity contribution in [1.29, 1.82) is 0 Å². The molecule has 0 radical (unpaired) electrons. The number of anilines is 1. The highest BCUT2D eigenvalue weighted by molar-refractivity contribution is 7.14. The molecule has 1 amide bonds. The molecular formula is C23H17Cl3N4O3S. The third kappa shape index (κ3) is 5.10. The summed E-state index contributed by atoms with van der Waals surface area (Å²) >= 11 is 19.8. The first-order chi connectivity index (χ1) is 16.3. The monoisotopic (exact) mass is 534 g/mol. The average Bonchev–Trinajstić information content (AvgIpc) is 3.38. The van der Waals surface area contributed by atoms with Crippen molar-refractivity contribution < 1.29 is 14.3 Å². The topological polar surface area (TPSA) is 86.1 Å². The predicted octanol–water partition coefficient (Wildman–Crippen LogP) is 6.23. The number of aromatic nitrogens is 3. The van der Waals surface area contributed by atoms with E-state index >= 15 is 0 Å². The Morgan fingerprint density at radius 2 is 1.79 bits per heavy atom. The molecule has 1 N–H and O–H groups in total. The zero-order chi connectivity index (χ0) is 24.4. The molecule has 0 bridgehead atoms. The van der Waals surface area contributed by atoms with Crippen molar-refractivity contribution in [1.82, 2.24) is 14.8 Å². The number of nitrogens with zero attached hydrogens (tertiary/aromatic N) is 3. The van der Waals surface area contributed by atoms with Gasteiger partial charge in [-0.3, -0.25) is 14.9 Å². The Labute approximate surface area is 214 Å². The smallest absolute Gasteiger partial charge is 0.311 e. The van der Waals surface area contributed by atoms with Gasteiger partial charge in [-0.1, -0.05) is 46.9 Å². The summed E-state index contributed by atoms with van der Waals surface area (Å²) in [6.07, 6.45) is 0.0201. The largest absolute Gasteiger partial charge is 0.469 e. The molecule has 0 saturated heterocycles. The number of hydrogen-bond acceptors (Lipinski definition) is 6. The van der Waals surface area contributed by atoms with Crippen LogP contribution in [0.15, 0.2) is 47.8 Å². The van der Waals surface area contributed by atoms with E-state index in [2.05, 4.69) is 20.1 Å². The number of carbonyl (C=O) groups is 2. The summed E-state index contributed by atoms with van der Waals surface area (Å²) in [4.78, 5) is 28.9. The number of methoxy groups -OCH3 is 1. The zero-order valence-electron chi connectivity index (χ0n) is 17.9. The molecule has 0 fully saturated rings. The van der Waals surface area contributed by atoms with Crippen molar-refractivity contribution in [3.05, 3.63) is 79.9 Å². The van der Waals surface area contributed by atoms with Gasteiger partial charge in [0.2, 0.25) is 0 Å². The minimum absolute atomic E-state index is 0.0201. The third-order valence-electron chi connectivity index (χ3n) is 4.92. The van der Waals surface area contributed by atoms with Crippen molar-refractivity contribution in [3.63, 3.8) is 0 Å². The molecule has 7 nitrogen and oxygen atoms in total. The van der Waals surface area contributed by atoms with Crippen LogP contribution >= 0.6 is 46.1 Å². The molecule has 11 heteroatoms. The summed E-state index contributed by atoms with van der Waals surface area (Å²) < 4.78 is 6.26. The molecule has 0 aliphatic carbocycles. The summed E-state index contributed by atoms with van der Waals surface area (Å²) in [5.74, 6) is -0.860. The highest BCUT2D eigenvalue weighted by atomic mass is 35.5. The first-order valence-electron chi connectivity index (χ1n) is 9.90. The van der Waals surface area contributed by atoms with Gasteiger partial charge in [-0.15, -0.1) is 11.3 Å². The fourth-order valence-corrected chi connectivity index (χ4v) is 4.63. The lowest BCUT2D eigenvalue weighted by Crippen LogP contribution is -2.14. The lowest BCUT2D eigenvalue weighted by Gasteiger charge is -2.11. The maximum atomic E-state index is 13.2. The van der Waals surface area contributed by atoms with Gasteiger partial charge in [0.1, 0.15) is 0 Å². The van der Waals surface area contributed by atoms with Crippen LogP contribution in [0.5, 0.6) is 0 Å². The van der Waals surface area contributed by atoms with Crippen LogP contribution in [0.4, 0.5) is 5.13 Å². The van der Waals surface area contributed by atoms with E-state index in [9.17, 15) is 9.59 Å². The molecule has 34 heavy (non-hydrogen) atoms. The van der Waals surface area contributed by atoms with Crippen LogP contribution in [-0.2, 0) is 16.0 Å². The zero-order valence-corrected chi connectivity index (χ0v) is 21.0. The number of amides is 1. The fraction of sp³-hybridized carbons (Fsp3) is 0.130. The number of nitrogens with one attached hydrogen (secondary N) is 1. The van der Waals surface area contributed by atoms with Crippen molar-refractivity contribution >= 4 is 63.1 Å². The van der Waals surface area contributed by atoms with Crippen LogP contribution in [0.2, 0.25) is 15.1 Å². The Morgan fingerprint density at radius 3 is 2.47 bits per heavy atom. The van der Waals surface area contributed by atoms with Gasteiger partial charge in [-0.25, -0.2) is 9.67 Å². The van der Waals surface area contributed by atoms with E-state index in [1.807, 2.05) is 12.1 Å². The lowest BCUT2D eigenvalue weighted by atomic mass is 10.1. The summed E-state index contributed by atoms with van der Waals surface area (Å²) in [7, 11) is 1.31. The molecule has 2 aromatic heterocycles. The van der Waals surface area contributed by atoms with Crippen molar-refractivity contribution in [2.75, 3.05) is 12.4 Å². The van der Waals surface area contributed by atoms with Gasteiger partial charge in [0.05, 0.1) is 35.6 Å². The summed E-state index contributed by atoms with van der Waals surface area (Å²) in [5.41, 5.74) is 3.38. The van der Waals surface area contributed by atoms with Crippen LogP contribution < -0.4 is 5.32 Å². The number of benzene rings is 2. The molecular weight excluding hydrogens is 519 g/mol. The summed E-state index contributed by atoms with van der Waals surface area (Å²) in [5, 5.41) is 10.8. The molecule has 174 valence electrons. The second-order valence-electron chi connectivity index (χ2n) is 7.19. The fourth-order valence-electron chi connectivity index (χ4n) is 3.31. The van der Waals surface area contributed by atoms with Gasteiger partial charge in [-0.05, 0) is 37.3 Å². The van der Waals surface area contributed by atoms with Crippen LogP contribution in [0, 0.1) is 6.92 Å². The SMILES string of the molecule is COC(=O)Cc1csc(NC(=O)c2nn(-c3ccc(Cl)cc3Cl)c(-c3ccc(Cl)cc3)c2C)n1. The molecule has 4 aromatic rings. The van der Waals surface area contributed by atoms with Gasteiger partial charge in [-0.2, -0.15) is 5.10 Å². The standard InChI is InChI=1S/C23H17Cl3N4O3S/c1-12-20(22(32)28-23-27-16(11-34-23)10-19(31)33-2)29-30(18-8-7-15(25)9-17(18)26)21(12)13-3-5-14(24)6-4-13/h3-9,11H,10H2,1-2H3,(H,27,28,32). The van der Waals surface area contributed by atoms with Crippen molar-refractivity contribution in [3.8, 4) is 16.9 Å². The van der Waals surface area contributed by atoms with Gasteiger partial charge in [0, 0.05) is 26.6 Å². The Hall–Kier alpha value is -2.91. The first-order valence-corrected chi connectivity index (χ1v) is 11.9. The second-order valence-corrected chi connectivity index (χ2v) is 9.33. The maximum absolute atomic E-state index is 13.2. The van der Waals surface area contributed by atoms with E-state index < -0.39 is 11.9 Å². The van der Waals surface area contributed by atoms with Crippen LogP contribution in [0.25, 0.3) is 16.9 Å². The van der Waals surface area contributed by atoms with Crippen molar-refractivity contribution in [2.24, 2.45) is 0 Å². The number of hydrogen-bond donors (Lipinski definition) is 1. The number of rotatable bonds is 6. The Morgan fingerprint density at radius 1 is 1.09 bits per heavy atom. The highest BCUT2D eigenvalue weighted by Gasteiger charge is 2.24. The highest BCUT2D eigenvalue weighted by Crippen LogP contribution is 2.33. The Bertz CT molecular complexity index is 1380. The normalized spacial score (nSPS) is 10.9. The van der Waals surface area contributed by atoms with Crippen LogP contribution in [0.1, 0.15) is 21.7 Å². The molecule has 2 heterocycles. The third-order valence-corrected chi connectivity index (χ3v) is 6.51. The van der Waals surface area contributed by atoms with Gasteiger partial charge in [0.25, 0.3) is 5.91 Å². The second kappa shape index (κ2) is 10.1. The minimum Gasteiger partial charge on any atom is -0.469 e. The first kappa shape index (κ1) is 24.2. The summed E-state index contributed by atoms with van der Waals surface area (Å²) in [6.45, 7) is 1.80. The van der Waals surface area contributed by atoms with E-state index in [0.717, 1.165) is 5.56 Å². The molecule has 0 saturated carbocycles. The van der Waals surface area contributed by atoms with Crippen molar-refractivity contribution in [2.45, 2.75) is 13.3 Å². The average molecular weight is 536 g/mol. The van der Waals surface area contributed by atoms with Gasteiger partial charge >= 0.3 is 5.97 Å². The quantitative estimate of drug-likeness (QED) is 0.296. The van der Waals surface area contributed by atoms with E-state index in [1.54, 1.807) is 47.3 Å². The van der Waals surface area contributed by atoms with Crippen LogP contribution in [0.3, 0.4) is 0 Å². The molecule has 2 aromatic carbocycles. The summed E-state index contributed by atoms with van der Waals surface area (Å²) in [6, 6.07) is 12.2. The van der Waals surface area contributed by atoms with Gasteiger partial charge in [0.15, 0.2) is 10.8 Å². The lowest BCUT2D eigenvalue weighted by molar-refractivity contribution is -0.139. The number of halogens is 3. The predicted molar refractivity (Wildman–Crippen MR) is 135 cm³/mol. The molecule has 0 aliphatic rings. The molecule has 0 atom stereocenters. The Balaban J connectivity index is 1.74. The van der Waals surface area contributed by atoms with E-state index in [1.165, 1.54) is 18.4 Å². The van der Waals surface area contributed by atoms with Gasteiger partial charge < -0.3 is 4.74 Å². The number of ether oxygens (including phenoxy) is 1. The van der Waals surface area contributed by atoms with E-state index in [4.69, 9.17) is 34.8 Å². The molecule has 0 spiro atoms. The number of thiazole rings is 1.